The predicted molar refractivity (Wildman–Crippen MR) is 88.1 cm³/mol. The Morgan fingerprint density at radius 3 is 2.67 bits per heavy atom. The molecule has 0 bridgehead atoms. The number of aryl methyl sites for hydroxylation is 2. The Kier molecular flexibility index (Phi) is 3.89. The first-order valence-corrected chi connectivity index (χ1v) is 7.53. The lowest BCUT2D eigenvalue weighted by molar-refractivity contribution is 0.307. The number of fused-ring (bicyclic) bond motifs is 1. The number of rotatable bonds is 4. The summed E-state index contributed by atoms with van der Waals surface area (Å²) in [5.41, 5.74) is 3.73. The number of nitrogens with zero attached hydrogens (tertiary/aromatic N) is 1. The highest BCUT2D eigenvalue weighted by atomic mass is 35.5. The van der Waals surface area contributed by atoms with E-state index in [2.05, 4.69) is 42.8 Å². The van der Waals surface area contributed by atoms with E-state index in [9.17, 15) is 0 Å². The lowest BCUT2D eigenvalue weighted by Gasteiger charge is -2.07. The van der Waals surface area contributed by atoms with Gasteiger partial charge in [0.25, 0.3) is 0 Å². The molecule has 0 aliphatic heterocycles. The number of hydrogen-bond acceptors (Lipinski definition) is 1. The number of para-hydroxylation sites is 1. The molecule has 0 aliphatic carbocycles. The van der Waals surface area contributed by atoms with Crippen LogP contribution in [0.2, 0.25) is 5.02 Å². The summed E-state index contributed by atoms with van der Waals surface area (Å²) in [6.45, 7) is 5.77. The average molecular weight is 300 g/mol. The maximum absolute atomic E-state index is 6.14. The standard InChI is InChI=1S/C18H18ClNO/c1-3-20-11-14(18-13(2)7-6-9-16(18)20)12-21-17-10-5-4-8-15(17)19/h4-11H,3,12H2,1-2H3. The van der Waals surface area contributed by atoms with Crippen LogP contribution in [0, 0.1) is 6.92 Å². The van der Waals surface area contributed by atoms with E-state index in [-0.39, 0.29) is 0 Å². The fraction of sp³-hybridized carbons (Fsp3) is 0.222. The summed E-state index contributed by atoms with van der Waals surface area (Å²) in [6.07, 6.45) is 2.18. The minimum Gasteiger partial charge on any atom is -0.487 e. The zero-order valence-electron chi connectivity index (χ0n) is 12.3. The average Bonchev–Trinajstić information content (AvgIpc) is 2.86. The zero-order chi connectivity index (χ0) is 14.8. The summed E-state index contributed by atoms with van der Waals surface area (Å²) >= 11 is 6.14. The van der Waals surface area contributed by atoms with Crippen LogP contribution in [0.5, 0.6) is 5.75 Å². The van der Waals surface area contributed by atoms with Crippen molar-refractivity contribution in [2.24, 2.45) is 0 Å². The number of aromatic nitrogens is 1. The lowest BCUT2D eigenvalue weighted by Crippen LogP contribution is -1.96. The van der Waals surface area contributed by atoms with Crippen molar-refractivity contribution >= 4 is 22.5 Å². The van der Waals surface area contributed by atoms with Gasteiger partial charge in [-0.05, 0) is 37.6 Å². The molecule has 0 saturated carbocycles. The van der Waals surface area contributed by atoms with Gasteiger partial charge in [0.2, 0.25) is 0 Å². The largest absolute Gasteiger partial charge is 0.487 e. The summed E-state index contributed by atoms with van der Waals surface area (Å²) in [6, 6.07) is 14.0. The molecule has 0 radical (unpaired) electrons. The number of hydrogen-bond donors (Lipinski definition) is 0. The van der Waals surface area contributed by atoms with Crippen LogP contribution in [0.4, 0.5) is 0 Å². The normalized spacial score (nSPS) is 11.0. The van der Waals surface area contributed by atoms with Gasteiger partial charge in [0.1, 0.15) is 12.4 Å². The Morgan fingerprint density at radius 1 is 1.10 bits per heavy atom. The minimum atomic E-state index is 0.526. The molecule has 0 saturated heterocycles. The van der Waals surface area contributed by atoms with Crippen LogP contribution in [-0.4, -0.2) is 4.57 Å². The first-order valence-electron chi connectivity index (χ1n) is 7.15. The van der Waals surface area contributed by atoms with Crippen molar-refractivity contribution in [1.29, 1.82) is 0 Å². The van der Waals surface area contributed by atoms with Crippen LogP contribution < -0.4 is 4.74 Å². The van der Waals surface area contributed by atoms with Gasteiger partial charge in [0, 0.05) is 29.2 Å². The van der Waals surface area contributed by atoms with Gasteiger partial charge in [-0.3, -0.25) is 0 Å². The van der Waals surface area contributed by atoms with Crippen molar-refractivity contribution < 1.29 is 4.74 Å². The van der Waals surface area contributed by atoms with Gasteiger partial charge in [-0.1, -0.05) is 35.9 Å². The van der Waals surface area contributed by atoms with Crippen LogP contribution in [0.25, 0.3) is 10.9 Å². The second kappa shape index (κ2) is 5.82. The van der Waals surface area contributed by atoms with Crippen molar-refractivity contribution in [3.05, 3.63) is 64.8 Å². The minimum absolute atomic E-state index is 0.526. The predicted octanol–water partition coefficient (Wildman–Crippen LogP) is 5.20. The first kappa shape index (κ1) is 14.0. The second-order valence-corrected chi connectivity index (χ2v) is 5.54. The van der Waals surface area contributed by atoms with Crippen LogP contribution >= 0.6 is 11.6 Å². The number of ether oxygens (including phenoxy) is 1. The maximum Gasteiger partial charge on any atom is 0.138 e. The fourth-order valence-corrected chi connectivity index (χ4v) is 2.91. The summed E-state index contributed by atoms with van der Waals surface area (Å²) in [4.78, 5) is 0. The second-order valence-electron chi connectivity index (χ2n) is 5.13. The molecule has 0 aliphatic rings. The molecule has 3 rings (SSSR count). The van der Waals surface area contributed by atoms with Gasteiger partial charge in [-0.15, -0.1) is 0 Å². The topological polar surface area (TPSA) is 14.2 Å². The molecule has 1 heterocycles. The Labute approximate surface area is 129 Å². The summed E-state index contributed by atoms with van der Waals surface area (Å²) < 4.78 is 8.16. The highest BCUT2D eigenvalue weighted by molar-refractivity contribution is 6.32. The quantitative estimate of drug-likeness (QED) is 0.645. The van der Waals surface area contributed by atoms with E-state index in [0.29, 0.717) is 11.6 Å². The Hall–Kier alpha value is -1.93. The fourth-order valence-electron chi connectivity index (χ4n) is 2.72. The monoisotopic (exact) mass is 299 g/mol. The molecular formula is C18H18ClNO. The Bertz CT molecular complexity index is 776. The van der Waals surface area contributed by atoms with E-state index < -0.39 is 0 Å². The van der Waals surface area contributed by atoms with Crippen molar-refractivity contribution in [3.63, 3.8) is 0 Å². The van der Waals surface area contributed by atoms with E-state index in [4.69, 9.17) is 16.3 Å². The van der Waals surface area contributed by atoms with Crippen LogP contribution in [0.15, 0.2) is 48.7 Å². The van der Waals surface area contributed by atoms with E-state index in [1.807, 2.05) is 24.3 Å². The third kappa shape index (κ3) is 2.64. The van der Waals surface area contributed by atoms with Crippen molar-refractivity contribution in [3.8, 4) is 5.75 Å². The molecular weight excluding hydrogens is 282 g/mol. The number of halogens is 1. The third-order valence-electron chi connectivity index (χ3n) is 3.75. The van der Waals surface area contributed by atoms with Crippen LogP contribution in [0.1, 0.15) is 18.1 Å². The van der Waals surface area contributed by atoms with Crippen molar-refractivity contribution in [1.82, 2.24) is 4.57 Å². The summed E-state index contributed by atoms with van der Waals surface area (Å²) in [5, 5.41) is 1.93. The first-order chi connectivity index (χ1) is 10.2. The molecule has 3 aromatic rings. The number of benzene rings is 2. The molecule has 1 aromatic heterocycles. The Morgan fingerprint density at radius 2 is 1.90 bits per heavy atom. The van der Waals surface area contributed by atoms with Crippen LogP contribution in [0.3, 0.4) is 0 Å². The van der Waals surface area contributed by atoms with Gasteiger partial charge < -0.3 is 9.30 Å². The van der Waals surface area contributed by atoms with Gasteiger partial charge in [0.15, 0.2) is 0 Å². The van der Waals surface area contributed by atoms with Gasteiger partial charge in [-0.25, -0.2) is 0 Å². The zero-order valence-corrected chi connectivity index (χ0v) is 13.0. The highest BCUT2D eigenvalue weighted by Crippen LogP contribution is 2.28. The van der Waals surface area contributed by atoms with E-state index in [0.717, 1.165) is 12.3 Å². The van der Waals surface area contributed by atoms with E-state index in [1.54, 1.807) is 0 Å². The molecule has 0 fully saturated rings. The highest BCUT2D eigenvalue weighted by Gasteiger charge is 2.11. The summed E-state index contributed by atoms with van der Waals surface area (Å²) in [7, 11) is 0. The molecule has 108 valence electrons. The van der Waals surface area contributed by atoms with Crippen molar-refractivity contribution in [2.45, 2.75) is 27.0 Å². The molecule has 0 N–H and O–H groups in total. The SMILES string of the molecule is CCn1cc(COc2ccccc2Cl)c2c(C)cccc21. The van der Waals surface area contributed by atoms with Crippen LogP contribution in [-0.2, 0) is 13.2 Å². The van der Waals surface area contributed by atoms with Crippen molar-refractivity contribution in [2.75, 3.05) is 0 Å². The van der Waals surface area contributed by atoms with Gasteiger partial charge >= 0.3 is 0 Å². The lowest BCUT2D eigenvalue weighted by atomic mass is 10.1. The van der Waals surface area contributed by atoms with Gasteiger partial charge in [0.05, 0.1) is 5.02 Å². The van der Waals surface area contributed by atoms with E-state index in [1.165, 1.54) is 22.0 Å². The molecule has 21 heavy (non-hydrogen) atoms. The molecule has 0 spiro atoms. The van der Waals surface area contributed by atoms with E-state index >= 15 is 0 Å². The molecule has 0 atom stereocenters. The smallest absolute Gasteiger partial charge is 0.138 e. The summed E-state index contributed by atoms with van der Waals surface area (Å²) in [5.74, 6) is 0.727. The molecule has 3 heteroatoms. The Balaban J connectivity index is 1.96. The molecule has 0 amide bonds. The maximum atomic E-state index is 6.14. The molecule has 2 aromatic carbocycles. The third-order valence-corrected chi connectivity index (χ3v) is 4.07. The molecule has 0 unspecified atom stereocenters. The van der Waals surface area contributed by atoms with Gasteiger partial charge in [-0.2, -0.15) is 0 Å². The molecule has 2 nitrogen and oxygen atoms in total.